The van der Waals surface area contributed by atoms with Crippen LogP contribution in [0.25, 0.3) is 0 Å². The van der Waals surface area contributed by atoms with Gasteiger partial charge in [0.25, 0.3) is 0 Å². The maximum atomic E-state index is 12.8. The van der Waals surface area contributed by atoms with Crippen molar-refractivity contribution in [3.05, 3.63) is 47.5 Å². The number of aromatic nitrogens is 2. The molecular formula is C17H22FN3O2. The number of halogens is 1. The van der Waals surface area contributed by atoms with E-state index in [0.29, 0.717) is 18.3 Å². The van der Waals surface area contributed by atoms with Crippen LogP contribution in [-0.2, 0) is 0 Å². The van der Waals surface area contributed by atoms with Crippen LogP contribution in [0.5, 0.6) is 5.75 Å². The number of rotatable bonds is 6. The van der Waals surface area contributed by atoms with Crippen LogP contribution in [0.3, 0.4) is 0 Å². The minimum atomic E-state index is -0.568. The lowest BCUT2D eigenvalue weighted by Gasteiger charge is -2.40. The van der Waals surface area contributed by atoms with Crippen LogP contribution < -0.4 is 4.74 Å². The third-order valence-corrected chi connectivity index (χ3v) is 4.05. The lowest BCUT2D eigenvalue weighted by molar-refractivity contribution is 0.0199. The molecule has 0 aliphatic carbocycles. The summed E-state index contributed by atoms with van der Waals surface area (Å²) in [7, 11) is 0. The summed E-state index contributed by atoms with van der Waals surface area (Å²) >= 11 is 0. The highest BCUT2D eigenvalue weighted by Crippen LogP contribution is 2.22. The molecule has 1 aromatic carbocycles. The standard InChI is InChI=1S/C17H22FN3O2/c1-12-7-13(2)21(19-12)15-8-20(9-15)10-16(22)11-23-17-5-3-14(18)4-6-17/h3-7,15-16,22H,8-11H2,1-2H3/t16-/m0/s1. The Labute approximate surface area is 135 Å². The Morgan fingerprint density at radius 3 is 2.61 bits per heavy atom. The predicted molar refractivity (Wildman–Crippen MR) is 85.1 cm³/mol. The van der Waals surface area contributed by atoms with Gasteiger partial charge in [-0.05, 0) is 44.2 Å². The molecule has 1 aliphatic heterocycles. The third-order valence-electron chi connectivity index (χ3n) is 4.05. The van der Waals surface area contributed by atoms with Crippen molar-refractivity contribution >= 4 is 0 Å². The molecule has 5 nitrogen and oxygen atoms in total. The molecule has 3 rings (SSSR count). The van der Waals surface area contributed by atoms with Crippen molar-refractivity contribution in [1.29, 1.82) is 0 Å². The first-order valence-electron chi connectivity index (χ1n) is 7.83. The number of aliphatic hydroxyl groups is 1. The molecule has 1 aromatic heterocycles. The van der Waals surface area contributed by atoms with Gasteiger partial charge in [-0.2, -0.15) is 5.10 Å². The van der Waals surface area contributed by atoms with Crippen molar-refractivity contribution < 1.29 is 14.2 Å². The molecule has 2 aromatic rings. The Morgan fingerprint density at radius 2 is 2.00 bits per heavy atom. The molecule has 1 aliphatic rings. The van der Waals surface area contributed by atoms with Crippen molar-refractivity contribution in [3.63, 3.8) is 0 Å². The molecule has 1 N–H and O–H groups in total. The number of ether oxygens (including phenoxy) is 1. The van der Waals surface area contributed by atoms with Gasteiger partial charge in [-0.3, -0.25) is 9.58 Å². The average Bonchev–Trinajstić information content (AvgIpc) is 2.80. The summed E-state index contributed by atoms with van der Waals surface area (Å²) in [6.07, 6.45) is -0.568. The number of nitrogens with zero attached hydrogens (tertiary/aromatic N) is 3. The Hall–Kier alpha value is -1.92. The number of hydrogen-bond acceptors (Lipinski definition) is 4. The Bertz CT molecular complexity index is 650. The van der Waals surface area contributed by atoms with Crippen LogP contribution in [0.1, 0.15) is 17.4 Å². The van der Waals surface area contributed by atoms with Gasteiger partial charge >= 0.3 is 0 Å². The Kier molecular flexibility index (Phi) is 4.63. The Morgan fingerprint density at radius 1 is 1.30 bits per heavy atom. The van der Waals surface area contributed by atoms with Gasteiger partial charge < -0.3 is 9.84 Å². The highest BCUT2D eigenvalue weighted by Gasteiger charge is 2.30. The molecule has 0 amide bonds. The summed E-state index contributed by atoms with van der Waals surface area (Å²) < 4.78 is 20.3. The molecule has 23 heavy (non-hydrogen) atoms. The number of likely N-dealkylation sites (tertiary alicyclic amines) is 1. The number of aryl methyl sites for hydroxylation is 2. The molecule has 1 saturated heterocycles. The molecule has 1 fully saturated rings. The van der Waals surface area contributed by atoms with Crippen LogP contribution in [0.4, 0.5) is 4.39 Å². The topological polar surface area (TPSA) is 50.5 Å². The lowest BCUT2D eigenvalue weighted by Crippen LogP contribution is -2.51. The SMILES string of the molecule is Cc1cc(C)n(C2CN(C[C@H](O)COc3ccc(F)cc3)C2)n1. The molecule has 124 valence electrons. The molecule has 2 heterocycles. The first kappa shape index (κ1) is 16.0. The second-order valence-corrected chi connectivity index (χ2v) is 6.16. The minimum Gasteiger partial charge on any atom is -0.491 e. The third kappa shape index (κ3) is 3.89. The first-order chi connectivity index (χ1) is 11.0. The van der Waals surface area contributed by atoms with Gasteiger partial charge in [-0.25, -0.2) is 4.39 Å². The summed E-state index contributed by atoms with van der Waals surface area (Å²) in [4.78, 5) is 2.18. The van der Waals surface area contributed by atoms with E-state index >= 15 is 0 Å². The van der Waals surface area contributed by atoms with E-state index in [1.165, 1.54) is 17.8 Å². The highest BCUT2D eigenvalue weighted by atomic mass is 19.1. The van der Waals surface area contributed by atoms with Gasteiger partial charge in [0, 0.05) is 25.3 Å². The number of aliphatic hydroxyl groups excluding tert-OH is 1. The maximum Gasteiger partial charge on any atom is 0.123 e. The highest BCUT2D eigenvalue weighted by molar-refractivity contribution is 5.22. The molecule has 0 bridgehead atoms. The van der Waals surface area contributed by atoms with Crippen molar-refractivity contribution in [1.82, 2.24) is 14.7 Å². The van der Waals surface area contributed by atoms with Crippen LogP contribution in [0.15, 0.2) is 30.3 Å². The summed E-state index contributed by atoms with van der Waals surface area (Å²) in [5, 5.41) is 14.6. The fraction of sp³-hybridized carbons (Fsp3) is 0.471. The van der Waals surface area contributed by atoms with Crippen molar-refractivity contribution in [2.45, 2.75) is 26.0 Å². The van der Waals surface area contributed by atoms with Crippen molar-refractivity contribution in [2.24, 2.45) is 0 Å². The van der Waals surface area contributed by atoms with E-state index in [0.717, 1.165) is 18.8 Å². The number of benzene rings is 1. The largest absolute Gasteiger partial charge is 0.491 e. The van der Waals surface area contributed by atoms with Crippen LogP contribution in [0.2, 0.25) is 0 Å². The van der Waals surface area contributed by atoms with Gasteiger partial charge in [-0.1, -0.05) is 0 Å². The summed E-state index contributed by atoms with van der Waals surface area (Å²) in [5.74, 6) is 0.267. The second-order valence-electron chi connectivity index (χ2n) is 6.16. The van der Waals surface area contributed by atoms with Gasteiger partial charge in [0.05, 0.1) is 11.7 Å². The smallest absolute Gasteiger partial charge is 0.123 e. The zero-order valence-corrected chi connectivity index (χ0v) is 13.4. The molecule has 0 saturated carbocycles. The molecule has 6 heteroatoms. The van der Waals surface area contributed by atoms with E-state index in [1.54, 1.807) is 12.1 Å². The molecule has 0 unspecified atom stereocenters. The van der Waals surface area contributed by atoms with Crippen molar-refractivity contribution in [2.75, 3.05) is 26.2 Å². The van der Waals surface area contributed by atoms with Gasteiger partial charge in [0.1, 0.15) is 24.3 Å². The number of hydrogen-bond donors (Lipinski definition) is 1. The summed E-state index contributed by atoms with van der Waals surface area (Å²) in [5.41, 5.74) is 2.21. The maximum absolute atomic E-state index is 12.8. The van der Waals surface area contributed by atoms with Gasteiger partial charge in [0.2, 0.25) is 0 Å². The van der Waals surface area contributed by atoms with E-state index in [9.17, 15) is 9.50 Å². The zero-order valence-electron chi connectivity index (χ0n) is 13.4. The first-order valence-corrected chi connectivity index (χ1v) is 7.83. The van der Waals surface area contributed by atoms with E-state index in [-0.39, 0.29) is 12.4 Å². The quantitative estimate of drug-likeness (QED) is 0.884. The normalized spacial score (nSPS) is 17.0. The predicted octanol–water partition coefficient (Wildman–Crippen LogP) is 1.94. The van der Waals surface area contributed by atoms with Crippen LogP contribution in [-0.4, -0.2) is 52.1 Å². The van der Waals surface area contributed by atoms with E-state index < -0.39 is 6.10 Å². The minimum absolute atomic E-state index is 0.201. The summed E-state index contributed by atoms with van der Waals surface area (Å²) in [6.45, 7) is 6.60. The van der Waals surface area contributed by atoms with Gasteiger partial charge in [0.15, 0.2) is 0 Å². The number of β-amino-alcohol motifs (C(OH)–C–C–N with tert-alkyl or cyclic N) is 1. The second kappa shape index (κ2) is 6.68. The van der Waals surface area contributed by atoms with E-state index in [2.05, 4.69) is 27.7 Å². The molecular weight excluding hydrogens is 297 g/mol. The van der Waals surface area contributed by atoms with Gasteiger partial charge in [-0.15, -0.1) is 0 Å². The monoisotopic (exact) mass is 319 g/mol. The fourth-order valence-electron chi connectivity index (χ4n) is 2.94. The molecule has 0 spiro atoms. The van der Waals surface area contributed by atoms with Crippen LogP contribution >= 0.6 is 0 Å². The van der Waals surface area contributed by atoms with E-state index in [1.807, 2.05) is 6.92 Å². The van der Waals surface area contributed by atoms with Crippen molar-refractivity contribution in [3.8, 4) is 5.75 Å². The summed E-state index contributed by atoms with van der Waals surface area (Å²) in [6, 6.07) is 8.27. The fourth-order valence-corrected chi connectivity index (χ4v) is 2.94. The van der Waals surface area contributed by atoms with E-state index in [4.69, 9.17) is 4.74 Å². The zero-order chi connectivity index (χ0) is 16.4. The average molecular weight is 319 g/mol. The lowest BCUT2D eigenvalue weighted by atomic mass is 10.1. The molecule has 1 atom stereocenters. The molecule has 0 radical (unpaired) electrons. The Balaban J connectivity index is 1.41. The van der Waals surface area contributed by atoms with Crippen LogP contribution in [0, 0.1) is 19.7 Å².